The van der Waals surface area contributed by atoms with Crippen molar-refractivity contribution in [1.82, 2.24) is 5.32 Å². The van der Waals surface area contributed by atoms with Crippen LogP contribution in [0.25, 0.3) is 0 Å². The summed E-state index contributed by atoms with van der Waals surface area (Å²) in [7, 11) is 0. The van der Waals surface area contributed by atoms with Gasteiger partial charge in [-0.3, -0.25) is 5.32 Å². The van der Waals surface area contributed by atoms with Gasteiger partial charge in [0.25, 0.3) is 0 Å². The van der Waals surface area contributed by atoms with E-state index in [0.717, 1.165) is 23.7 Å². The van der Waals surface area contributed by atoms with Crippen molar-refractivity contribution in [3.05, 3.63) is 28.8 Å². The van der Waals surface area contributed by atoms with Crippen LogP contribution in [0.15, 0.2) is 18.2 Å². The zero-order chi connectivity index (χ0) is 8.39. The molecule has 0 bridgehead atoms. The molecule has 0 aliphatic carbocycles. The molecule has 1 aromatic carbocycles. The molecule has 1 heterocycles. The minimum Gasteiger partial charge on any atom is -0.285 e. The summed E-state index contributed by atoms with van der Waals surface area (Å²) in [6.07, 6.45) is 3.56. The van der Waals surface area contributed by atoms with E-state index in [0.29, 0.717) is 0 Å². The first kappa shape index (κ1) is 7.93. The minimum absolute atomic E-state index is 0.825. The lowest BCUT2D eigenvalue weighted by molar-refractivity contribution is 0.726. The van der Waals surface area contributed by atoms with Gasteiger partial charge in [-0.1, -0.05) is 11.6 Å². The van der Waals surface area contributed by atoms with Crippen molar-refractivity contribution in [3.8, 4) is 0 Å². The van der Waals surface area contributed by atoms with Crippen molar-refractivity contribution < 1.29 is 0 Å². The fourth-order valence-corrected chi connectivity index (χ4v) is 1.73. The molecule has 0 amide bonds. The molecular weight excluding hydrogens is 170 g/mol. The van der Waals surface area contributed by atoms with E-state index in [1.165, 1.54) is 18.4 Å². The van der Waals surface area contributed by atoms with Crippen LogP contribution in [0.5, 0.6) is 0 Å². The molecule has 0 fully saturated rings. The van der Waals surface area contributed by atoms with Crippen LogP contribution in [0, 0.1) is 0 Å². The molecule has 2 heteroatoms. The second kappa shape index (κ2) is 3.36. The summed E-state index contributed by atoms with van der Waals surface area (Å²) >= 11 is 5.89. The van der Waals surface area contributed by atoms with Gasteiger partial charge in [0.1, 0.15) is 0 Å². The van der Waals surface area contributed by atoms with Gasteiger partial charge in [0.05, 0.1) is 5.69 Å². The molecule has 0 saturated heterocycles. The van der Waals surface area contributed by atoms with Crippen LogP contribution in [0.4, 0.5) is 5.69 Å². The molecule has 1 nitrogen and oxygen atoms in total. The first-order chi connectivity index (χ1) is 5.86. The Morgan fingerprint density at radius 2 is 2.17 bits per heavy atom. The third-order valence-electron chi connectivity index (χ3n) is 2.18. The molecule has 0 aromatic heterocycles. The predicted molar refractivity (Wildman–Crippen MR) is 51.1 cm³/mol. The number of halogens is 1. The molecule has 0 spiro atoms. The van der Waals surface area contributed by atoms with Crippen LogP contribution >= 0.6 is 11.6 Å². The Bertz CT molecular complexity index is 283. The number of nitrogens with zero attached hydrogens (tertiary/aromatic N) is 1. The first-order valence-electron chi connectivity index (χ1n) is 4.32. The van der Waals surface area contributed by atoms with E-state index in [2.05, 4.69) is 5.32 Å². The maximum atomic E-state index is 5.89. The van der Waals surface area contributed by atoms with Crippen LogP contribution in [-0.4, -0.2) is 6.54 Å². The number of hydrogen-bond donors (Lipinski definition) is 0. The second-order valence-corrected chi connectivity index (χ2v) is 3.55. The first-order valence-corrected chi connectivity index (χ1v) is 4.70. The maximum absolute atomic E-state index is 5.89. The molecule has 1 aromatic rings. The standard InChI is InChI=1S/C10H11ClN/c11-9-4-5-10-8(7-9)3-1-2-6-12-10/h4-5,7H,1-3,6H2. The van der Waals surface area contributed by atoms with Crippen LogP contribution in [-0.2, 0) is 6.42 Å². The van der Waals surface area contributed by atoms with E-state index in [-0.39, 0.29) is 0 Å². The van der Waals surface area contributed by atoms with Gasteiger partial charge in [-0.25, -0.2) is 0 Å². The van der Waals surface area contributed by atoms with Crippen molar-refractivity contribution in [3.63, 3.8) is 0 Å². The Balaban J connectivity index is 2.36. The van der Waals surface area contributed by atoms with E-state index in [1.807, 2.05) is 18.2 Å². The predicted octanol–water partition coefficient (Wildman–Crippen LogP) is 2.91. The monoisotopic (exact) mass is 180 g/mol. The third-order valence-corrected chi connectivity index (χ3v) is 2.41. The lowest BCUT2D eigenvalue weighted by atomic mass is 10.1. The van der Waals surface area contributed by atoms with E-state index >= 15 is 0 Å². The average Bonchev–Trinajstić information content (AvgIpc) is 2.28. The lowest BCUT2D eigenvalue weighted by Crippen LogP contribution is -1.97. The molecule has 63 valence electrons. The number of benzene rings is 1. The normalized spacial score (nSPS) is 16.1. The van der Waals surface area contributed by atoms with Gasteiger partial charge < -0.3 is 0 Å². The van der Waals surface area contributed by atoms with Crippen LogP contribution < -0.4 is 5.32 Å². The molecular formula is C10H11ClN. The third kappa shape index (κ3) is 1.56. The van der Waals surface area contributed by atoms with Gasteiger partial charge in [0.15, 0.2) is 0 Å². The van der Waals surface area contributed by atoms with Crippen molar-refractivity contribution in [2.75, 3.05) is 6.54 Å². The molecule has 0 unspecified atom stereocenters. The van der Waals surface area contributed by atoms with Crippen molar-refractivity contribution in [2.24, 2.45) is 0 Å². The minimum atomic E-state index is 0.825. The molecule has 0 N–H and O–H groups in total. The Hall–Kier alpha value is -0.690. The molecule has 0 atom stereocenters. The van der Waals surface area contributed by atoms with Crippen LogP contribution in [0.2, 0.25) is 5.02 Å². The van der Waals surface area contributed by atoms with Gasteiger partial charge in [-0.15, -0.1) is 0 Å². The molecule has 12 heavy (non-hydrogen) atoms. The Morgan fingerprint density at radius 1 is 1.25 bits per heavy atom. The molecule has 1 aliphatic rings. The summed E-state index contributed by atoms with van der Waals surface area (Å²) < 4.78 is 0. The molecule has 1 aliphatic heterocycles. The molecule has 2 rings (SSSR count). The summed E-state index contributed by atoms with van der Waals surface area (Å²) in [6.45, 7) is 0.967. The lowest BCUT2D eigenvalue weighted by Gasteiger charge is -2.04. The van der Waals surface area contributed by atoms with Gasteiger partial charge in [0.2, 0.25) is 0 Å². The van der Waals surface area contributed by atoms with E-state index in [4.69, 9.17) is 11.6 Å². The van der Waals surface area contributed by atoms with Crippen molar-refractivity contribution in [1.29, 1.82) is 0 Å². The quantitative estimate of drug-likeness (QED) is 0.583. The van der Waals surface area contributed by atoms with E-state index in [9.17, 15) is 0 Å². The fraction of sp³-hybridized carbons (Fsp3) is 0.400. The van der Waals surface area contributed by atoms with Crippen molar-refractivity contribution >= 4 is 17.3 Å². The summed E-state index contributed by atoms with van der Waals surface area (Å²) in [5, 5.41) is 5.29. The van der Waals surface area contributed by atoms with Gasteiger partial charge in [0, 0.05) is 11.6 Å². The highest BCUT2D eigenvalue weighted by molar-refractivity contribution is 6.30. The highest BCUT2D eigenvalue weighted by Crippen LogP contribution is 2.24. The van der Waals surface area contributed by atoms with Crippen molar-refractivity contribution in [2.45, 2.75) is 19.3 Å². The number of aryl methyl sites for hydroxylation is 1. The Labute approximate surface area is 77.7 Å². The SMILES string of the molecule is Clc1ccc2c(c1)CCCC[N]2. The summed E-state index contributed by atoms with van der Waals surface area (Å²) in [5.74, 6) is 0. The van der Waals surface area contributed by atoms with Gasteiger partial charge in [-0.2, -0.15) is 0 Å². The Kier molecular flexibility index (Phi) is 2.22. The van der Waals surface area contributed by atoms with Crippen LogP contribution in [0.3, 0.4) is 0 Å². The Morgan fingerprint density at radius 3 is 3.08 bits per heavy atom. The number of rotatable bonds is 0. The maximum Gasteiger partial charge on any atom is 0.0607 e. The zero-order valence-corrected chi connectivity index (χ0v) is 7.64. The fourth-order valence-electron chi connectivity index (χ4n) is 1.54. The number of fused-ring (bicyclic) bond motifs is 1. The highest BCUT2D eigenvalue weighted by atomic mass is 35.5. The molecule has 1 radical (unpaired) electrons. The smallest absolute Gasteiger partial charge is 0.0607 e. The van der Waals surface area contributed by atoms with Crippen LogP contribution in [0.1, 0.15) is 18.4 Å². The summed E-state index contributed by atoms with van der Waals surface area (Å²) in [4.78, 5) is 0. The highest BCUT2D eigenvalue weighted by Gasteiger charge is 2.07. The van der Waals surface area contributed by atoms with Gasteiger partial charge in [-0.05, 0) is 43.0 Å². The van der Waals surface area contributed by atoms with E-state index in [1.54, 1.807) is 0 Å². The number of hydrogen-bond acceptors (Lipinski definition) is 0. The summed E-state index contributed by atoms with van der Waals surface area (Å²) in [5.41, 5.74) is 2.44. The summed E-state index contributed by atoms with van der Waals surface area (Å²) in [6, 6.07) is 5.96. The second-order valence-electron chi connectivity index (χ2n) is 3.11. The zero-order valence-electron chi connectivity index (χ0n) is 6.89. The average molecular weight is 181 g/mol. The largest absolute Gasteiger partial charge is 0.285 e. The molecule has 0 saturated carbocycles. The van der Waals surface area contributed by atoms with Gasteiger partial charge >= 0.3 is 0 Å². The topological polar surface area (TPSA) is 14.1 Å². The van der Waals surface area contributed by atoms with E-state index < -0.39 is 0 Å².